The molecular formula is C19H17BrFNO5. The van der Waals surface area contributed by atoms with Crippen molar-refractivity contribution < 1.29 is 28.2 Å². The van der Waals surface area contributed by atoms with E-state index in [2.05, 4.69) is 21.2 Å². The van der Waals surface area contributed by atoms with E-state index in [0.29, 0.717) is 0 Å². The molecule has 2 rings (SSSR count). The normalized spacial score (nSPS) is 11.4. The molecule has 0 saturated carbocycles. The summed E-state index contributed by atoms with van der Waals surface area (Å²) >= 11 is 3.06. The lowest BCUT2D eigenvalue weighted by molar-refractivity contribution is -0.145. The molecule has 0 radical (unpaired) electrons. The first-order valence-electron chi connectivity index (χ1n) is 7.94. The molecule has 0 bridgehead atoms. The van der Waals surface area contributed by atoms with Gasteiger partial charge in [0.05, 0.1) is 12.7 Å². The Bertz CT molecular complexity index is 828. The fraction of sp³-hybridized carbons (Fsp3) is 0.211. The van der Waals surface area contributed by atoms with Gasteiger partial charge in [0, 0.05) is 10.9 Å². The molecule has 0 fully saturated rings. The van der Waals surface area contributed by atoms with Gasteiger partial charge in [0.2, 0.25) is 0 Å². The minimum absolute atomic E-state index is 0.0815. The van der Waals surface area contributed by atoms with Gasteiger partial charge < -0.3 is 14.8 Å². The Morgan fingerprint density at radius 2 is 1.85 bits per heavy atom. The molecule has 2 aromatic carbocycles. The van der Waals surface area contributed by atoms with Gasteiger partial charge in [-0.15, -0.1) is 0 Å². The highest BCUT2D eigenvalue weighted by molar-refractivity contribution is 9.10. The van der Waals surface area contributed by atoms with Gasteiger partial charge in [-0.1, -0.05) is 30.3 Å². The molecule has 1 unspecified atom stereocenters. The maximum Gasteiger partial charge on any atom is 0.339 e. The zero-order chi connectivity index (χ0) is 19.8. The molecule has 1 atom stereocenters. The van der Waals surface area contributed by atoms with Crippen LogP contribution in [0.5, 0.6) is 0 Å². The second-order valence-corrected chi connectivity index (χ2v) is 6.39. The van der Waals surface area contributed by atoms with Crippen LogP contribution in [-0.4, -0.2) is 37.6 Å². The summed E-state index contributed by atoms with van der Waals surface area (Å²) in [5.41, 5.74) is 0.915. The van der Waals surface area contributed by atoms with Crippen LogP contribution in [0, 0.1) is 5.82 Å². The highest BCUT2D eigenvalue weighted by atomic mass is 79.9. The number of hydrogen-bond donors (Lipinski definition) is 1. The summed E-state index contributed by atoms with van der Waals surface area (Å²) in [6.45, 7) is -0.592. The van der Waals surface area contributed by atoms with Crippen molar-refractivity contribution >= 4 is 33.8 Å². The van der Waals surface area contributed by atoms with Crippen molar-refractivity contribution in [1.29, 1.82) is 0 Å². The maximum absolute atomic E-state index is 13.1. The average molecular weight is 438 g/mol. The summed E-state index contributed by atoms with van der Waals surface area (Å²) in [7, 11) is 1.22. The summed E-state index contributed by atoms with van der Waals surface area (Å²) in [6, 6.07) is 11.6. The van der Waals surface area contributed by atoms with E-state index in [-0.39, 0.29) is 16.5 Å². The Kier molecular flexibility index (Phi) is 7.48. The predicted octanol–water partition coefficient (Wildman–Crippen LogP) is 2.65. The first-order valence-corrected chi connectivity index (χ1v) is 8.73. The predicted molar refractivity (Wildman–Crippen MR) is 98.5 cm³/mol. The molecular weight excluding hydrogens is 421 g/mol. The molecule has 8 heteroatoms. The third-order valence-electron chi connectivity index (χ3n) is 3.59. The van der Waals surface area contributed by atoms with Crippen LogP contribution in [0.4, 0.5) is 4.39 Å². The standard InChI is InChI=1S/C19H17BrFNO5/c1-26-19(25)16(9-12-5-3-2-4-6-12)22-17(23)11-27-18(24)14-8-7-13(21)10-15(14)20/h2-8,10,16H,9,11H2,1H3,(H,22,23). The minimum atomic E-state index is -0.916. The van der Waals surface area contributed by atoms with Crippen LogP contribution in [0.15, 0.2) is 53.0 Å². The van der Waals surface area contributed by atoms with Gasteiger partial charge in [0.1, 0.15) is 11.9 Å². The van der Waals surface area contributed by atoms with Crippen molar-refractivity contribution in [2.75, 3.05) is 13.7 Å². The minimum Gasteiger partial charge on any atom is -0.467 e. The molecule has 1 N–H and O–H groups in total. The number of carbonyl (C=O) groups excluding carboxylic acids is 3. The monoisotopic (exact) mass is 437 g/mol. The second kappa shape index (κ2) is 9.82. The van der Waals surface area contributed by atoms with E-state index < -0.39 is 36.3 Å². The summed E-state index contributed by atoms with van der Waals surface area (Å²) in [5.74, 6) is -2.58. The lowest BCUT2D eigenvalue weighted by atomic mass is 10.1. The van der Waals surface area contributed by atoms with E-state index in [9.17, 15) is 18.8 Å². The van der Waals surface area contributed by atoms with Crippen LogP contribution >= 0.6 is 15.9 Å². The third-order valence-corrected chi connectivity index (χ3v) is 4.25. The maximum atomic E-state index is 13.1. The Hall–Kier alpha value is -2.74. The molecule has 0 aliphatic heterocycles. The summed E-state index contributed by atoms with van der Waals surface area (Å²) < 4.78 is 22.9. The number of hydrogen-bond acceptors (Lipinski definition) is 5. The Morgan fingerprint density at radius 3 is 2.48 bits per heavy atom. The van der Waals surface area contributed by atoms with E-state index in [1.165, 1.54) is 13.2 Å². The Labute approximate surface area is 163 Å². The zero-order valence-electron chi connectivity index (χ0n) is 14.4. The zero-order valence-corrected chi connectivity index (χ0v) is 16.0. The molecule has 0 aromatic heterocycles. The number of amides is 1. The number of esters is 2. The van der Waals surface area contributed by atoms with Crippen molar-refractivity contribution in [2.24, 2.45) is 0 Å². The average Bonchev–Trinajstić information content (AvgIpc) is 2.65. The SMILES string of the molecule is COC(=O)C(Cc1ccccc1)NC(=O)COC(=O)c1ccc(F)cc1Br. The van der Waals surface area contributed by atoms with Gasteiger partial charge in [-0.3, -0.25) is 4.79 Å². The van der Waals surface area contributed by atoms with Crippen molar-refractivity contribution in [3.8, 4) is 0 Å². The molecule has 27 heavy (non-hydrogen) atoms. The van der Waals surface area contributed by atoms with E-state index >= 15 is 0 Å². The van der Waals surface area contributed by atoms with Gasteiger partial charge >= 0.3 is 11.9 Å². The van der Waals surface area contributed by atoms with Crippen LogP contribution in [0.1, 0.15) is 15.9 Å². The van der Waals surface area contributed by atoms with Crippen molar-refractivity contribution in [3.05, 3.63) is 69.9 Å². The van der Waals surface area contributed by atoms with Crippen LogP contribution in [0.2, 0.25) is 0 Å². The first-order chi connectivity index (χ1) is 12.9. The summed E-state index contributed by atoms with van der Waals surface area (Å²) in [6.07, 6.45) is 0.233. The van der Waals surface area contributed by atoms with Crippen LogP contribution in [0.3, 0.4) is 0 Å². The lowest BCUT2D eigenvalue weighted by Crippen LogP contribution is -2.44. The van der Waals surface area contributed by atoms with Crippen LogP contribution in [-0.2, 0) is 25.5 Å². The van der Waals surface area contributed by atoms with E-state index in [0.717, 1.165) is 17.7 Å². The molecule has 6 nitrogen and oxygen atoms in total. The highest BCUT2D eigenvalue weighted by Gasteiger charge is 2.23. The van der Waals surface area contributed by atoms with Gasteiger partial charge in [0.15, 0.2) is 6.61 Å². The largest absolute Gasteiger partial charge is 0.467 e. The molecule has 2 aromatic rings. The lowest BCUT2D eigenvalue weighted by Gasteiger charge is -2.16. The Balaban J connectivity index is 1.94. The first kappa shape index (κ1) is 20.6. The van der Waals surface area contributed by atoms with Gasteiger partial charge in [-0.05, 0) is 39.7 Å². The molecule has 1 amide bonds. The van der Waals surface area contributed by atoms with Crippen LogP contribution in [0.25, 0.3) is 0 Å². The third kappa shape index (κ3) is 6.18. The van der Waals surface area contributed by atoms with E-state index in [1.807, 2.05) is 30.3 Å². The van der Waals surface area contributed by atoms with Gasteiger partial charge in [-0.25, -0.2) is 14.0 Å². The highest BCUT2D eigenvalue weighted by Crippen LogP contribution is 2.18. The van der Waals surface area contributed by atoms with Gasteiger partial charge in [-0.2, -0.15) is 0 Å². The second-order valence-electron chi connectivity index (χ2n) is 5.53. The molecule has 142 valence electrons. The van der Waals surface area contributed by atoms with E-state index in [1.54, 1.807) is 0 Å². The fourth-order valence-corrected chi connectivity index (χ4v) is 2.80. The van der Waals surface area contributed by atoms with Crippen molar-refractivity contribution in [2.45, 2.75) is 12.5 Å². The molecule has 0 aliphatic carbocycles. The molecule has 0 spiro atoms. The summed E-state index contributed by atoms with van der Waals surface area (Å²) in [5, 5.41) is 2.48. The number of ether oxygens (including phenoxy) is 2. The molecule has 0 heterocycles. The van der Waals surface area contributed by atoms with Crippen molar-refractivity contribution in [3.63, 3.8) is 0 Å². The fourth-order valence-electron chi connectivity index (χ4n) is 2.29. The summed E-state index contributed by atoms with van der Waals surface area (Å²) in [4.78, 5) is 36.0. The number of halogens is 2. The Morgan fingerprint density at radius 1 is 1.15 bits per heavy atom. The molecule has 0 aliphatic rings. The number of methoxy groups -OCH3 is 1. The van der Waals surface area contributed by atoms with Crippen LogP contribution < -0.4 is 5.32 Å². The number of benzene rings is 2. The molecule has 0 saturated heterocycles. The van der Waals surface area contributed by atoms with Gasteiger partial charge in [0.25, 0.3) is 5.91 Å². The number of carbonyl (C=O) groups is 3. The van der Waals surface area contributed by atoms with Crippen molar-refractivity contribution in [1.82, 2.24) is 5.32 Å². The number of nitrogens with one attached hydrogen (secondary N) is 1. The topological polar surface area (TPSA) is 81.7 Å². The van der Waals surface area contributed by atoms with E-state index in [4.69, 9.17) is 9.47 Å². The number of rotatable bonds is 7. The quantitative estimate of drug-likeness (QED) is 0.673. The smallest absolute Gasteiger partial charge is 0.339 e.